The van der Waals surface area contributed by atoms with Crippen LogP contribution in [-0.4, -0.2) is 11.0 Å². The second kappa shape index (κ2) is 3.84. The third kappa shape index (κ3) is 1.93. The van der Waals surface area contributed by atoms with Crippen molar-refractivity contribution >= 4 is 11.8 Å². The van der Waals surface area contributed by atoms with Crippen molar-refractivity contribution in [3.8, 4) is 0 Å². The van der Waals surface area contributed by atoms with E-state index in [1.807, 2.05) is 5.92 Å². The van der Waals surface area contributed by atoms with Gasteiger partial charge >= 0.3 is 0 Å². The molecule has 1 radical (unpaired) electrons. The van der Waals surface area contributed by atoms with Crippen LogP contribution < -0.4 is 0 Å². The summed E-state index contributed by atoms with van der Waals surface area (Å²) in [5.41, 5.74) is 0. The SMILES string of the molecule is C1CC[C](C2CCCS2)CC1. The lowest BCUT2D eigenvalue weighted by atomic mass is 9.85. The van der Waals surface area contributed by atoms with E-state index < -0.39 is 0 Å². The van der Waals surface area contributed by atoms with Crippen molar-refractivity contribution in [2.45, 2.75) is 50.2 Å². The molecule has 1 aliphatic heterocycles. The molecule has 1 unspecified atom stereocenters. The lowest BCUT2D eigenvalue weighted by Crippen LogP contribution is -2.15. The summed E-state index contributed by atoms with van der Waals surface area (Å²) >= 11 is 2.21. The molecule has 0 aromatic heterocycles. The summed E-state index contributed by atoms with van der Waals surface area (Å²) in [7, 11) is 0. The highest BCUT2D eigenvalue weighted by molar-refractivity contribution is 8.00. The van der Waals surface area contributed by atoms with Gasteiger partial charge in [-0.15, -0.1) is 0 Å². The topological polar surface area (TPSA) is 0 Å². The Balaban J connectivity index is 1.82. The third-order valence-electron chi connectivity index (χ3n) is 2.88. The Hall–Kier alpha value is 0.350. The fourth-order valence-electron chi connectivity index (χ4n) is 2.23. The standard InChI is InChI=1S/C10H17S/c1-2-5-9(6-3-1)10-7-4-8-11-10/h10H,1-8H2. The minimum Gasteiger partial charge on any atom is -0.158 e. The zero-order valence-electron chi connectivity index (χ0n) is 7.14. The minimum atomic E-state index is 0.982. The van der Waals surface area contributed by atoms with E-state index in [0.717, 1.165) is 5.25 Å². The number of rotatable bonds is 1. The molecule has 1 atom stereocenters. The first kappa shape index (κ1) is 7.97. The van der Waals surface area contributed by atoms with E-state index in [9.17, 15) is 0 Å². The molecule has 0 N–H and O–H groups in total. The van der Waals surface area contributed by atoms with Crippen LogP contribution >= 0.6 is 11.8 Å². The molecule has 2 aliphatic rings. The van der Waals surface area contributed by atoms with Crippen LogP contribution in [0.3, 0.4) is 0 Å². The molecule has 2 rings (SSSR count). The van der Waals surface area contributed by atoms with Crippen LogP contribution in [0.25, 0.3) is 0 Å². The summed E-state index contributed by atoms with van der Waals surface area (Å²) in [5.74, 6) is 3.33. The van der Waals surface area contributed by atoms with Gasteiger partial charge in [0.2, 0.25) is 0 Å². The zero-order chi connectivity index (χ0) is 7.52. The Morgan fingerprint density at radius 1 is 1.00 bits per heavy atom. The van der Waals surface area contributed by atoms with Crippen LogP contribution in [-0.2, 0) is 0 Å². The van der Waals surface area contributed by atoms with Crippen LogP contribution in [0.5, 0.6) is 0 Å². The molecule has 1 saturated heterocycles. The van der Waals surface area contributed by atoms with E-state index >= 15 is 0 Å². The molecule has 1 aliphatic carbocycles. The highest BCUT2D eigenvalue weighted by atomic mass is 32.2. The van der Waals surface area contributed by atoms with Gasteiger partial charge in [0.25, 0.3) is 0 Å². The summed E-state index contributed by atoms with van der Waals surface area (Å²) in [6.45, 7) is 0. The van der Waals surface area contributed by atoms with Crippen molar-refractivity contribution in [2.24, 2.45) is 0 Å². The lowest BCUT2D eigenvalue weighted by molar-refractivity contribution is 0.507. The summed E-state index contributed by atoms with van der Waals surface area (Å²) in [6.07, 6.45) is 10.3. The largest absolute Gasteiger partial charge is 0.158 e. The predicted molar refractivity (Wildman–Crippen MR) is 51.8 cm³/mol. The van der Waals surface area contributed by atoms with E-state index in [1.54, 1.807) is 0 Å². The van der Waals surface area contributed by atoms with E-state index in [1.165, 1.54) is 50.7 Å². The van der Waals surface area contributed by atoms with Crippen molar-refractivity contribution < 1.29 is 0 Å². The molecule has 1 saturated carbocycles. The maximum atomic E-state index is 2.21. The molecule has 0 spiro atoms. The molecule has 0 amide bonds. The normalized spacial score (nSPS) is 34.4. The van der Waals surface area contributed by atoms with Gasteiger partial charge < -0.3 is 0 Å². The van der Waals surface area contributed by atoms with Crippen LogP contribution in [0, 0.1) is 5.92 Å². The van der Waals surface area contributed by atoms with Gasteiger partial charge in [-0.25, -0.2) is 0 Å². The van der Waals surface area contributed by atoms with Crippen LogP contribution in [0.2, 0.25) is 0 Å². The highest BCUT2D eigenvalue weighted by Crippen LogP contribution is 2.40. The molecule has 1 heterocycles. The monoisotopic (exact) mass is 169 g/mol. The van der Waals surface area contributed by atoms with Crippen molar-refractivity contribution in [2.75, 3.05) is 5.75 Å². The molecule has 0 nitrogen and oxygen atoms in total. The molecule has 11 heavy (non-hydrogen) atoms. The van der Waals surface area contributed by atoms with E-state index in [2.05, 4.69) is 11.8 Å². The molecule has 0 bridgehead atoms. The smallest absolute Gasteiger partial charge is 0.0109 e. The van der Waals surface area contributed by atoms with E-state index in [-0.39, 0.29) is 0 Å². The fourth-order valence-corrected chi connectivity index (χ4v) is 3.65. The summed E-state index contributed by atoms with van der Waals surface area (Å²) in [4.78, 5) is 0. The Bertz CT molecular complexity index is 110. The molecule has 0 aromatic carbocycles. The van der Waals surface area contributed by atoms with Gasteiger partial charge in [-0.3, -0.25) is 0 Å². The number of hydrogen-bond donors (Lipinski definition) is 0. The van der Waals surface area contributed by atoms with Crippen LogP contribution in [0.4, 0.5) is 0 Å². The van der Waals surface area contributed by atoms with Crippen molar-refractivity contribution in [3.63, 3.8) is 0 Å². The van der Waals surface area contributed by atoms with Crippen LogP contribution in [0.1, 0.15) is 44.9 Å². The number of hydrogen-bond acceptors (Lipinski definition) is 1. The predicted octanol–water partition coefficient (Wildman–Crippen LogP) is 3.42. The molecular formula is C10H17S. The van der Waals surface area contributed by atoms with Crippen molar-refractivity contribution in [1.29, 1.82) is 0 Å². The molecule has 2 fully saturated rings. The molecule has 0 aromatic rings. The maximum absolute atomic E-state index is 2.21. The maximum Gasteiger partial charge on any atom is 0.0109 e. The first-order valence-electron chi connectivity index (χ1n) is 4.93. The third-order valence-corrected chi connectivity index (χ3v) is 4.38. The zero-order valence-corrected chi connectivity index (χ0v) is 7.96. The highest BCUT2D eigenvalue weighted by Gasteiger charge is 2.26. The Morgan fingerprint density at radius 3 is 2.45 bits per heavy atom. The Kier molecular flexibility index (Phi) is 2.78. The first-order chi connectivity index (χ1) is 5.47. The second-order valence-corrected chi connectivity index (χ2v) is 5.03. The Morgan fingerprint density at radius 2 is 1.82 bits per heavy atom. The van der Waals surface area contributed by atoms with Gasteiger partial charge in [0.05, 0.1) is 0 Å². The van der Waals surface area contributed by atoms with Gasteiger partial charge in [0.1, 0.15) is 0 Å². The molecular weight excluding hydrogens is 152 g/mol. The van der Waals surface area contributed by atoms with Crippen molar-refractivity contribution in [1.82, 2.24) is 0 Å². The van der Waals surface area contributed by atoms with E-state index in [0.29, 0.717) is 0 Å². The summed E-state index contributed by atoms with van der Waals surface area (Å²) in [5, 5.41) is 0.982. The summed E-state index contributed by atoms with van der Waals surface area (Å²) < 4.78 is 0. The minimum absolute atomic E-state index is 0.982. The summed E-state index contributed by atoms with van der Waals surface area (Å²) in [6, 6.07) is 0. The average Bonchev–Trinajstić information content (AvgIpc) is 2.58. The number of thioether (sulfide) groups is 1. The molecule has 63 valence electrons. The molecule has 1 heteroatoms. The van der Waals surface area contributed by atoms with Gasteiger partial charge in [-0.2, -0.15) is 11.8 Å². The fraction of sp³-hybridized carbons (Fsp3) is 0.900. The quantitative estimate of drug-likeness (QED) is 0.579. The van der Waals surface area contributed by atoms with Gasteiger partial charge in [-0.1, -0.05) is 19.3 Å². The van der Waals surface area contributed by atoms with Gasteiger partial charge in [0, 0.05) is 5.25 Å². The van der Waals surface area contributed by atoms with E-state index in [4.69, 9.17) is 0 Å². The second-order valence-electron chi connectivity index (χ2n) is 3.72. The van der Waals surface area contributed by atoms with Gasteiger partial charge in [-0.05, 0) is 37.4 Å². The van der Waals surface area contributed by atoms with Crippen molar-refractivity contribution in [3.05, 3.63) is 5.92 Å². The van der Waals surface area contributed by atoms with Crippen LogP contribution in [0.15, 0.2) is 0 Å². The average molecular weight is 169 g/mol. The van der Waals surface area contributed by atoms with Gasteiger partial charge in [0.15, 0.2) is 0 Å². The lowest BCUT2D eigenvalue weighted by Gasteiger charge is -2.25. The Labute approximate surface area is 74.1 Å². The first-order valence-corrected chi connectivity index (χ1v) is 5.98.